The van der Waals surface area contributed by atoms with Gasteiger partial charge in [-0.25, -0.2) is 27.0 Å². The number of benzene rings is 2. The number of carbonyl (C=O) groups is 1. The predicted molar refractivity (Wildman–Crippen MR) is 111 cm³/mol. The standard InChI is InChI=1S/C23H18F6N4O4/c24-14-3-6-16(17(25)7-14)21(36,11-33-12-30-31-32-33)23(28,29)20-8-19(9-20,10-20)13-1-4-15(5-2-13)37-22(26,27)18(34)35/h1-7,12,36H,8-11H2,(H,34,35). The van der Waals surface area contributed by atoms with Crippen molar-refractivity contribution >= 4 is 5.97 Å². The van der Waals surface area contributed by atoms with E-state index in [0.717, 1.165) is 35.3 Å². The lowest BCUT2D eigenvalue weighted by Gasteiger charge is -2.74. The number of tetrazole rings is 1. The van der Waals surface area contributed by atoms with Crippen LogP contribution in [0.2, 0.25) is 0 Å². The number of hydrogen-bond acceptors (Lipinski definition) is 6. The summed E-state index contributed by atoms with van der Waals surface area (Å²) in [6.45, 7) is -0.909. The molecule has 1 unspecified atom stereocenters. The number of nitrogens with zero attached hydrogens (tertiary/aromatic N) is 4. The summed E-state index contributed by atoms with van der Waals surface area (Å²) in [7, 11) is 0. The Balaban J connectivity index is 1.40. The molecule has 3 fully saturated rings. The first kappa shape index (κ1) is 25.0. The molecule has 3 saturated carbocycles. The quantitative estimate of drug-likeness (QED) is 0.408. The van der Waals surface area contributed by atoms with Crippen LogP contribution in [0.3, 0.4) is 0 Å². The molecule has 1 aromatic heterocycles. The Kier molecular flexibility index (Phi) is 5.34. The number of rotatable bonds is 9. The molecule has 1 heterocycles. The van der Waals surface area contributed by atoms with Gasteiger partial charge in [-0.1, -0.05) is 12.1 Å². The lowest BCUT2D eigenvalue weighted by molar-refractivity contribution is -0.347. The Labute approximate surface area is 204 Å². The summed E-state index contributed by atoms with van der Waals surface area (Å²) in [5.74, 6) is -9.17. The molecule has 0 spiro atoms. The highest BCUT2D eigenvalue weighted by atomic mass is 19.3. The minimum atomic E-state index is -4.44. The maximum absolute atomic E-state index is 16.2. The van der Waals surface area contributed by atoms with Gasteiger partial charge in [0.25, 0.3) is 5.92 Å². The molecule has 3 aliphatic carbocycles. The minimum Gasteiger partial charge on any atom is -0.474 e. The average Bonchev–Trinajstić information content (AvgIpc) is 3.25. The van der Waals surface area contributed by atoms with E-state index in [0.29, 0.717) is 11.6 Å². The molecule has 0 saturated heterocycles. The Morgan fingerprint density at radius 2 is 1.70 bits per heavy atom. The molecule has 2 N–H and O–H groups in total. The largest absolute Gasteiger partial charge is 0.501 e. The lowest BCUT2D eigenvalue weighted by Crippen LogP contribution is -2.76. The Morgan fingerprint density at radius 3 is 2.24 bits per heavy atom. The fraction of sp³-hybridized carbons (Fsp3) is 0.391. The summed E-state index contributed by atoms with van der Waals surface area (Å²) in [6.07, 6.45) is -3.80. The number of hydrogen-bond donors (Lipinski definition) is 2. The summed E-state index contributed by atoms with van der Waals surface area (Å²) < 4.78 is 92.0. The zero-order valence-electron chi connectivity index (χ0n) is 18.7. The van der Waals surface area contributed by atoms with Crippen LogP contribution in [-0.2, 0) is 22.4 Å². The second-order valence-corrected chi connectivity index (χ2v) is 9.61. The SMILES string of the molecule is O=C(O)C(F)(F)Oc1ccc(C23CC(C(F)(F)C(O)(Cn4cnnn4)c4ccc(F)cc4F)(C2)C3)cc1. The Bertz CT molecular complexity index is 1330. The van der Waals surface area contributed by atoms with Crippen molar-refractivity contribution in [3.8, 4) is 5.75 Å². The van der Waals surface area contributed by atoms with E-state index in [2.05, 4.69) is 20.3 Å². The molecule has 3 aromatic rings. The van der Waals surface area contributed by atoms with Crippen molar-refractivity contribution in [2.75, 3.05) is 0 Å². The molecule has 8 nitrogen and oxygen atoms in total. The number of alkyl halides is 4. The van der Waals surface area contributed by atoms with E-state index in [4.69, 9.17) is 5.11 Å². The molecule has 2 bridgehead atoms. The molecule has 0 aliphatic heterocycles. The van der Waals surface area contributed by atoms with Crippen LogP contribution < -0.4 is 4.74 Å². The number of halogens is 6. The Morgan fingerprint density at radius 1 is 1.05 bits per heavy atom. The van der Waals surface area contributed by atoms with Gasteiger partial charge < -0.3 is 14.9 Å². The van der Waals surface area contributed by atoms with E-state index in [1.807, 2.05) is 0 Å². The molecule has 6 rings (SSSR count). The molecule has 3 aliphatic rings. The third-order valence-corrected chi connectivity index (χ3v) is 7.34. The average molecular weight is 528 g/mol. The van der Waals surface area contributed by atoms with Gasteiger partial charge in [0.2, 0.25) is 0 Å². The minimum absolute atomic E-state index is 0.112. The summed E-state index contributed by atoms with van der Waals surface area (Å²) in [5, 5.41) is 30.0. The number of aliphatic carboxylic acids is 1. The number of aliphatic hydroxyl groups is 1. The molecule has 1 atom stereocenters. The van der Waals surface area contributed by atoms with E-state index < -0.39 is 63.9 Å². The van der Waals surface area contributed by atoms with Crippen LogP contribution in [0.4, 0.5) is 26.3 Å². The van der Waals surface area contributed by atoms with Crippen LogP contribution in [0.15, 0.2) is 48.8 Å². The molecule has 196 valence electrons. The van der Waals surface area contributed by atoms with Gasteiger partial charge >= 0.3 is 12.1 Å². The molecule has 14 heteroatoms. The first-order chi connectivity index (χ1) is 17.2. The highest BCUT2D eigenvalue weighted by Gasteiger charge is 2.82. The van der Waals surface area contributed by atoms with Crippen molar-refractivity contribution < 1.29 is 46.1 Å². The summed E-state index contributed by atoms with van der Waals surface area (Å²) >= 11 is 0. The number of carboxylic acids is 1. The maximum atomic E-state index is 16.2. The third kappa shape index (κ3) is 3.64. The van der Waals surface area contributed by atoms with E-state index in [9.17, 15) is 27.5 Å². The second kappa shape index (κ2) is 7.91. The summed E-state index contributed by atoms with van der Waals surface area (Å²) in [6, 6.07) is 6.90. The van der Waals surface area contributed by atoms with Crippen molar-refractivity contribution in [3.63, 3.8) is 0 Å². The van der Waals surface area contributed by atoms with Gasteiger partial charge in [0.05, 0.1) is 6.54 Å². The molecule has 37 heavy (non-hydrogen) atoms. The number of carboxylic acid groups (broad SMARTS) is 1. The molecular formula is C23H18F6N4O4. The van der Waals surface area contributed by atoms with Crippen LogP contribution in [0, 0.1) is 17.0 Å². The number of ether oxygens (including phenoxy) is 1. The van der Waals surface area contributed by atoms with E-state index in [-0.39, 0.29) is 19.3 Å². The van der Waals surface area contributed by atoms with Gasteiger partial charge in [-0.3, -0.25) is 0 Å². The fourth-order valence-electron chi connectivity index (χ4n) is 5.60. The van der Waals surface area contributed by atoms with Crippen molar-refractivity contribution in [1.29, 1.82) is 0 Å². The normalized spacial score (nSPS) is 24.5. The summed E-state index contributed by atoms with van der Waals surface area (Å²) in [5.41, 5.74) is -5.88. The van der Waals surface area contributed by atoms with Gasteiger partial charge in [-0.2, -0.15) is 8.78 Å². The first-order valence-electron chi connectivity index (χ1n) is 10.9. The molecular weight excluding hydrogens is 510 g/mol. The van der Waals surface area contributed by atoms with Crippen LogP contribution >= 0.6 is 0 Å². The predicted octanol–water partition coefficient (Wildman–Crippen LogP) is 3.65. The van der Waals surface area contributed by atoms with Crippen molar-refractivity contribution in [2.45, 2.75) is 48.9 Å². The van der Waals surface area contributed by atoms with Crippen LogP contribution in [-0.4, -0.2) is 48.4 Å². The molecule has 0 radical (unpaired) electrons. The zero-order valence-corrected chi connectivity index (χ0v) is 18.7. The van der Waals surface area contributed by atoms with Crippen molar-refractivity contribution in [2.24, 2.45) is 5.41 Å². The lowest BCUT2D eigenvalue weighted by atomic mass is 9.30. The third-order valence-electron chi connectivity index (χ3n) is 7.34. The van der Waals surface area contributed by atoms with Gasteiger partial charge in [-0.05, 0) is 64.9 Å². The van der Waals surface area contributed by atoms with E-state index in [1.165, 1.54) is 12.1 Å². The van der Waals surface area contributed by atoms with Gasteiger partial charge in [0.1, 0.15) is 23.7 Å². The monoisotopic (exact) mass is 528 g/mol. The first-order valence-corrected chi connectivity index (χ1v) is 10.9. The smallest absolute Gasteiger partial charge is 0.474 e. The van der Waals surface area contributed by atoms with E-state index >= 15 is 8.78 Å². The van der Waals surface area contributed by atoms with Crippen LogP contribution in [0.5, 0.6) is 5.75 Å². The number of aromatic nitrogens is 4. The van der Waals surface area contributed by atoms with Gasteiger partial charge in [-0.15, -0.1) is 5.10 Å². The highest BCUT2D eigenvalue weighted by molar-refractivity contribution is 5.73. The van der Waals surface area contributed by atoms with Crippen LogP contribution in [0.1, 0.15) is 30.4 Å². The molecule has 2 aromatic carbocycles. The van der Waals surface area contributed by atoms with E-state index in [1.54, 1.807) is 0 Å². The van der Waals surface area contributed by atoms with Crippen molar-refractivity contribution in [1.82, 2.24) is 20.2 Å². The zero-order chi connectivity index (χ0) is 26.9. The second-order valence-electron chi connectivity index (χ2n) is 9.61. The fourth-order valence-corrected chi connectivity index (χ4v) is 5.60. The highest BCUT2D eigenvalue weighted by Crippen LogP contribution is 2.80. The van der Waals surface area contributed by atoms with Gasteiger partial charge in [0.15, 0.2) is 5.60 Å². The van der Waals surface area contributed by atoms with Gasteiger partial charge in [0, 0.05) is 17.0 Å². The molecule has 0 amide bonds. The van der Waals surface area contributed by atoms with Crippen LogP contribution in [0.25, 0.3) is 0 Å². The van der Waals surface area contributed by atoms with Crippen molar-refractivity contribution in [3.05, 3.63) is 71.6 Å². The summed E-state index contributed by atoms with van der Waals surface area (Å²) in [4.78, 5) is 10.5. The Hall–Kier alpha value is -3.68. The topological polar surface area (TPSA) is 110 Å². The maximum Gasteiger partial charge on any atom is 0.501 e.